The lowest BCUT2D eigenvalue weighted by atomic mass is 9.89. The molecule has 0 radical (unpaired) electrons. The van der Waals surface area contributed by atoms with Crippen LogP contribution in [-0.2, 0) is 16.5 Å². The quantitative estimate of drug-likeness (QED) is 0.0816. The summed E-state index contributed by atoms with van der Waals surface area (Å²) < 4.78 is 77.3. The Kier molecular flexibility index (Phi) is 10.8. The minimum Gasteiger partial charge on any atom is -0.376 e. The van der Waals surface area contributed by atoms with E-state index in [0.717, 1.165) is 34.8 Å². The number of alkyl halides is 3. The smallest absolute Gasteiger partial charge is 0.376 e. The van der Waals surface area contributed by atoms with Gasteiger partial charge in [-0.25, -0.2) is 4.39 Å². The van der Waals surface area contributed by atoms with Gasteiger partial charge in [-0.15, -0.1) is 0 Å². The van der Waals surface area contributed by atoms with E-state index in [0.29, 0.717) is 16.8 Å². The van der Waals surface area contributed by atoms with Crippen molar-refractivity contribution in [1.29, 1.82) is 0 Å². The minimum atomic E-state index is -5.66. The lowest BCUT2D eigenvalue weighted by Crippen LogP contribution is -2.32. The zero-order valence-corrected chi connectivity index (χ0v) is 30.1. The van der Waals surface area contributed by atoms with Crippen molar-refractivity contribution in [2.45, 2.75) is 57.6 Å². The van der Waals surface area contributed by atoms with Crippen LogP contribution in [-0.4, -0.2) is 36.5 Å². The zero-order valence-electron chi connectivity index (χ0n) is 28.5. The lowest BCUT2D eigenvalue weighted by molar-refractivity contribution is -0.0500. The standard InChI is InChI=1S/C26H26FNS.C13H14F3NO3S/c1-26(2)17-21(18-29-15-14-19-8-4-3-5-9-19)23-16-20(12-13-25(23)28-26)22-10-6-7-11-24(22)27;1-8-7-12(2,3)17-11-5-4-9(6-10(8)11)20-21(18,19)13(14,15)16/h3-13,16-17,28H,14-15,18H2,1-2H3;4-7,17H,1-3H3. The Balaban J connectivity index is 0.000000205. The summed E-state index contributed by atoms with van der Waals surface area (Å²) >= 11 is 1.95. The SMILES string of the molecule is CC1(C)C=C(CSCCc2ccccc2)c2cc(-c3ccccc3F)ccc2N1.CC1=CC(C)(C)Nc2ccc(OS(=O)(=O)C(F)(F)F)cc21. The number of nitrogens with one attached hydrogen (secondary N) is 2. The third kappa shape index (κ3) is 9.11. The van der Waals surface area contributed by atoms with Crippen molar-refractivity contribution in [3.05, 3.63) is 126 Å². The maximum Gasteiger partial charge on any atom is 0.534 e. The molecule has 0 bridgehead atoms. The normalized spacial score (nSPS) is 15.9. The van der Waals surface area contributed by atoms with Crippen LogP contribution in [0, 0.1) is 5.82 Å². The van der Waals surface area contributed by atoms with Gasteiger partial charge in [-0.2, -0.15) is 33.4 Å². The third-order valence-corrected chi connectivity index (χ3v) is 10.1. The molecule has 5 nitrogen and oxygen atoms in total. The molecule has 50 heavy (non-hydrogen) atoms. The topological polar surface area (TPSA) is 67.4 Å². The summed E-state index contributed by atoms with van der Waals surface area (Å²) in [6.45, 7) is 10.1. The van der Waals surface area contributed by atoms with Crippen molar-refractivity contribution >= 4 is 44.4 Å². The van der Waals surface area contributed by atoms with E-state index in [1.165, 1.54) is 41.0 Å². The number of thioether (sulfide) groups is 1. The predicted molar refractivity (Wildman–Crippen MR) is 198 cm³/mol. The molecule has 0 unspecified atom stereocenters. The van der Waals surface area contributed by atoms with E-state index in [2.05, 4.69) is 77.2 Å². The maximum absolute atomic E-state index is 14.3. The molecule has 0 fully saturated rings. The number of allylic oxidation sites excluding steroid dienone is 1. The molecule has 4 aromatic rings. The van der Waals surface area contributed by atoms with E-state index in [1.807, 2.05) is 49.9 Å². The monoisotopic (exact) mass is 724 g/mol. The van der Waals surface area contributed by atoms with Crippen LogP contribution in [0.5, 0.6) is 5.75 Å². The number of hydrogen-bond acceptors (Lipinski definition) is 6. The number of fused-ring (bicyclic) bond motifs is 2. The molecule has 0 amide bonds. The second kappa shape index (κ2) is 14.6. The van der Waals surface area contributed by atoms with Gasteiger partial charge in [0.15, 0.2) is 0 Å². The molecule has 2 aliphatic heterocycles. The second-order valence-corrected chi connectivity index (χ2v) is 16.1. The number of anilines is 2. The van der Waals surface area contributed by atoms with Gasteiger partial charge in [0.05, 0.1) is 11.1 Å². The molecule has 11 heteroatoms. The number of hydrogen-bond donors (Lipinski definition) is 2. The fraction of sp³-hybridized carbons (Fsp3) is 0.282. The van der Waals surface area contributed by atoms with Crippen LogP contribution in [0.1, 0.15) is 51.3 Å². The van der Waals surface area contributed by atoms with Crippen molar-refractivity contribution < 1.29 is 30.2 Å². The van der Waals surface area contributed by atoms with Gasteiger partial charge in [0, 0.05) is 33.8 Å². The molecule has 0 atom stereocenters. The van der Waals surface area contributed by atoms with Crippen molar-refractivity contribution in [2.24, 2.45) is 0 Å². The Bertz CT molecular complexity index is 2020. The van der Waals surface area contributed by atoms with Crippen LogP contribution in [0.4, 0.5) is 28.9 Å². The van der Waals surface area contributed by atoms with Crippen molar-refractivity contribution in [2.75, 3.05) is 22.1 Å². The Morgan fingerprint density at radius 2 is 1.38 bits per heavy atom. The molecule has 2 heterocycles. The Morgan fingerprint density at radius 3 is 2.06 bits per heavy atom. The van der Waals surface area contributed by atoms with E-state index in [4.69, 9.17) is 0 Å². The van der Waals surface area contributed by atoms with Crippen LogP contribution >= 0.6 is 11.8 Å². The molecule has 0 spiro atoms. The van der Waals surface area contributed by atoms with Gasteiger partial charge in [-0.05, 0) is 105 Å². The van der Waals surface area contributed by atoms with Gasteiger partial charge < -0.3 is 14.8 Å². The van der Waals surface area contributed by atoms with E-state index in [9.17, 15) is 26.0 Å². The minimum absolute atomic E-state index is 0.0954. The van der Waals surface area contributed by atoms with Gasteiger partial charge in [0.25, 0.3) is 0 Å². The maximum atomic E-state index is 14.3. The molecule has 264 valence electrons. The average molecular weight is 725 g/mol. The highest BCUT2D eigenvalue weighted by atomic mass is 32.2. The molecule has 4 aromatic carbocycles. The first kappa shape index (κ1) is 37.0. The van der Waals surface area contributed by atoms with Gasteiger partial charge in [0.2, 0.25) is 0 Å². The molecule has 0 saturated carbocycles. The van der Waals surface area contributed by atoms with Gasteiger partial charge in [-0.3, -0.25) is 0 Å². The van der Waals surface area contributed by atoms with E-state index in [1.54, 1.807) is 13.0 Å². The number of aryl methyl sites for hydroxylation is 1. The summed E-state index contributed by atoms with van der Waals surface area (Å²) in [5, 5.41) is 6.78. The molecular weight excluding hydrogens is 685 g/mol. The molecule has 0 saturated heterocycles. The van der Waals surface area contributed by atoms with Crippen LogP contribution in [0.3, 0.4) is 0 Å². The largest absolute Gasteiger partial charge is 0.534 e. The number of rotatable bonds is 8. The molecule has 2 aliphatic rings. The Labute approximate surface area is 296 Å². The third-order valence-electron chi connectivity index (χ3n) is 8.12. The van der Waals surface area contributed by atoms with Crippen LogP contribution < -0.4 is 14.8 Å². The van der Waals surface area contributed by atoms with Crippen LogP contribution in [0.25, 0.3) is 22.3 Å². The molecule has 0 aliphatic carbocycles. The van der Waals surface area contributed by atoms with Crippen molar-refractivity contribution in [1.82, 2.24) is 0 Å². The molecule has 2 N–H and O–H groups in total. The zero-order chi connectivity index (χ0) is 36.3. The summed E-state index contributed by atoms with van der Waals surface area (Å²) in [5.74, 6) is 1.48. The summed E-state index contributed by atoms with van der Waals surface area (Å²) in [6, 6.07) is 27.8. The predicted octanol–water partition coefficient (Wildman–Crippen LogP) is 10.6. The first-order valence-electron chi connectivity index (χ1n) is 16.1. The number of halogens is 4. The van der Waals surface area contributed by atoms with E-state index >= 15 is 0 Å². The highest BCUT2D eigenvalue weighted by Crippen LogP contribution is 2.39. The van der Waals surface area contributed by atoms with E-state index in [-0.39, 0.29) is 22.6 Å². The summed E-state index contributed by atoms with van der Waals surface area (Å²) in [5.41, 5.74) is 2.85. The first-order valence-corrected chi connectivity index (χ1v) is 18.6. The molecule has 0 aromatic heterocycles. The second-order valence-electron chi connectivity index (χ2n) is 13.4. The summed E-state index contributed by atoms with van der Waals surface area (Å²) in [6.07, 6.45) is 5.29. The number of benzene rings is 4. The molecular formula is C39H40F4N2O3S2. The Morgan fingerprint density at radius 1 is 0.760 bits per heavy atom. The van der Waals surface area contributed by atoms with Gasteiger partial charge in [-0.1, -0.05) is 66.7 Å². The van der Waals surface area contributed by atoms with Crippen molar-refractivity contribution in [3.8, 4) is 16.9 Å². The lowest BCUT2D eigenvalue weighted by Gasteiger charge is -2.32. The first-order chi connectivity index (χ1) is 23.4. The van der Waals surface area contributed by atoms with Crippen molar-refractivity contribution in [3.63, 3.8) is 0 Å². The Hall–Kier alpha value is -4.22. The van der Waals surface area contributed by atoms with Gasteiger partial charge >= 0.3 is 15.6 Å². The van der Waals surface area contributed by atoms with Gasteiger partial charge in [0.1, 0.15) is 11.6 Å². The van der Waals surface area contributed by atoms with E-state index < -0.39 is 15.6 Å². The highest BCUT2D eigenvalue weighted by Gasteiger charge is 2.48. The molecule has 6 rings (SSSR count). The fourth-order valence-corrected chi connectivity index (χ4v) is 7.44. The van der Waals surface area contributed by atoms with Crippen LogP contribution in [0.15, 0.2) is 103 Å². The summed E-state index contributed by atoms with van der Waals surface area (Å²) in [4.78, 5) is 0. The van der Waals surface area contributed by atoms with Crippen LogP contribution in [0.2, 0.25) is 0 Å². The highest BCUT2D eigenvalue weighted by molar-refractivity contribution is 7.99. The average Bonchev–Trinajstić information content (AvgIpc) is 3.03. The fourth-order valence-electron chi connectivity index (χ4n) is 6.00. The summed E-state index contributed by atoms with van der Waals surface area (Å²) in [7, 11) is -5.66.